The average Bonchev–Trinajstić information content (AvgIpc) is 3.02. The van der Waals surface area contributed by atoms with Gasteiger partial charge in [-0.15, -0.1) is 0 Å². The first kappa shape index (κ1) is 11.4. The highest BCUT2D eigenvalue weighted by molar-refractivity contribution is 6.04. The van der Waals surface area contributed by atoms with Gasteiger partial charge in [0.25, 0.3) is 0 Å². The summed E-state index contributed by atoms with van der Waals surface area (Å²) in [7, 11) is 0. The Labute approximate surface area is 95.4 Å². The van der Waals surface area contributed by atoms with Crippen molar-refractivity contribution in [2.24, 2.45) is 11.3 Å². The van der Waals surface area contributed by atoms with Crippen molar-refractivity contribution in [2.75, 3.05) is 0 Å². The number of carbonyl (C=O) groups is 2. The molecule has 16 heavy (non-hydrogen) atoms. The van der Waals surface area contributed by atoms with Gasteiger partial charge in [-0.3, -0.25) is 9.59 Å². The number of carboxylic acids is 1. The van der Waals surface area contributed by atoms with Gasteiger partial charge in [-0.2, -0.15) is 0 Å². The van der Waals surface area contributed by atoms with E-state index in [4.69, 9.17) is 5.11 Å². The smallest absolute Gasteiger partial charge is 0.319 e. The molecule has 0 saturated heterocycles. The van der Waals surface area contributed by atoms with E-state index in [1.807, 2.05) is 0 Å². The lowest BCUT2D eigenvalue weighted by molar-refractivity contribution is -0.149. The Morgan fingerprint density at radius 1 is 1.19 bits per heavy atom. The van der Waals surface area contributed by atoms with Crippen molar-refractivity contribution in [3.8, 4) is 0 Å². The highest BCUT2D eigenvalue weighted by atomic mass is 16.4. The van der Waals surface area contributed by atoms with Crippen molar-refractivity contribution in [3.63, 3.8) is 0 Å². The molecule has 0 heterocycles. The van der Waals surface area contributed by atoms with E-state index in [1.54, 1.807) is 0 Å². The van der Waals surface area contributed by atoms with Crippen LogP contribution in [0.5, 0.6) is 0 Å². The summed E-state index contributed by atoms with van der Waals surface area (Å²) < 4.78 is 0. The number of hydrogen-bond donors (Lipinski definition) is 2. The van der Waals surface area contributed by atoms with Gasteiger partial charge in [0.1, 0.15) is 5.41 Å². The lowest BCUT2D eigenvalue weighted by Crippen LogP contribution is -2.44. The molecule has 2 saturated carbocycles. The fourth-order valence-electron chi connectivity index (χ4n) is 2.39. The number of carboxylic acid groups (broad SMARTS) is 1. The molecule has 2 fully saturated rings. The van der Waals surface area contributed by atoms with Crippen molar-refractivity contribution >= 4 is 11.9 Å². The Kier molecular flexibility index (Phi) is 2.91. The molecule has 90 valence electrons. The molecule has 0 radical (unpaired) electrons. The second-order valence-electron chi connectivity index (χ2n) is 5.32. The molecule has 2 aliphatic carbocycles. The van der Waals surface area contributed by atoms with Gasteiger partial charge >= 0.3 is 5.97 Å². The van der Waals surface area contributed by atoms with E-state index in [9.17, 15) is 9.59 Å². The summed E-state index contributed by atoms with van der Waals surface area (Å²) in [6.45, 7) is 2.22. The van der Waals surface area contributed by atoms with Crippen LogP contribution in [0.2, 0.25) is 0 Å². The number of amides is 1. The summed E-state index contributed by atoms with van der Waals surface area (Å²) in [4.78, 5) is 22.8. The highest BCUT2D eigenvalue weighted by Gasteiger charge is 2.57. The molecule has 1 amide bonds. The van der Waals surface area contributed by atoms with Crippen LogP contribution in [0.25, 0.3) is 0 Å². The molecule has 0 aromatic heterocycles. The van der Waals surface area contributed by atoms with Crippen LogP contribution in [0.1, 0.15) is 45.4 Å². The number of aliphatic carboxylic acids is 1. The third-order valence-electron chi connectivity index (χ3n) is 3.95. The summed E-state index contributed by atoms with van der Waals surface area (Å²) in [6.07, 6.45) is 5.23. The van der Waals surface area contributed by atoms with E-state index < -0.39 is 11.4 Å². The van der Waals surface area contributed by atoms with Gasteiger partial charge < -0.3 is 10.4 Å². The second kappa shape index (κ2) is 4.07. The van der Waals surface area contributed by atoms with Crippen LogP contribution in [-0.2, 0) is 9.59 Å². The number of hydrogen-bond acceptors (Lipinski definition) is 2. The minimum Gasteiger partial charge on any atom is -0.480 e. The monoisotopic (exact) mass is 225 g/mol. The molecule has 0 bridgehead atoms. The van der Waals surface area contributed by atoms with Crippen LogP contribution in [0.4, 0.5) is 0 Å². The van der Waals surface area contributed by atoms with Gasteiger partial charge in [-0.25, -0.2) is 0 Å². The summed E-state index contributed by atoms with van der Waals surface area (Å²) >= 11 is 0. The van der Waals surface area contributed by atoms with Gasteiger partial charge in [-0.1, -0.05) is 6.92 Å². The zero-order valence-electron chi connectivity index (χ0n) is 9.66. The van der Waals surface area contributed by atoms with Crippen molar-refractivity contribution in [1.82, 2.24) is 5.32 Å². The first-order chi connectivity index (χ1) is 7.54. The standard InChI is InChI=1S/C12H19NO3/c1-8-2-4-9(5-3-8)13-10(14)12(6-7-12)11(15)16/h8-9H,2-7H2,1H3,(H,13,14)(H,15,16). The first-order valence-corrected chi connectivity index (χ1v) is 6.09. The SMILES string of the molecule is CC1CCC(NC(=O)C2(C(=O)O)CC2)CC1. The minimum atomic E-state index is -1.08. The van der Waals surface area contributed by atoms with Crippen LogP contribution in [-0.4, -0.2) is 23.0 Å². The molecule has 4 heteroatoms. The van der Waals surface area contributed by atoms with Crippen molar-refractivity contribution in [2.45, 2.75) is 51.5 Å². The molecule has 2 N–H and O–H groups in total. The lowest BCUT2D eigenvalue weighted by atomic mass is 9.87. The molecular formula is C12H19NO3. The molecule has 0 atom stereocenters. The summed E-state index contributed by atoms with van der Waals surface area (Å²) in [5.74, 6) is -0.490. The molecule has 2 aliphatic rings. The van der Waals surface area contributed by atoms with E-state index in [-0.39, 0.29) is 11.9 Å². The Balaban J connectivity index is 1.86. The Hall–Kier alpha value is -1.06. The zero-order chi connectivity index (χ0) is 11.8. The molecule has 0 unspecified atom stereocenters. The maximum absolute atomic E-state index is 11.8. The predicted octanol–water partition coefficient (Wildman–Crippen LogP) is 1.55. The van der Waals surface area contributed by atoms with Crippen LogP contribution in [0, 0.1) is 11.3 Å². The average molecular weight is 225 g/mol. The quantitative estimate of drug-likeness (QED) is 0.716. The lowest BCUT2D eigenvalue weighted by Gasteiger charge is -2.27. The fraction of sp³-hybridized carbons (Fsp3) is 0.833. The summed E-state index contributed by atoms with van der Waals surface area (Å²) in [5, 5.41) is 11.9. The van der Waals surface area contributed by atoms with Gasteiger partial charge in [0, 0.05) is 6.04 Å². The van der Waals surface area contributed by atoms with E-state index in [0.29, 0.717) is 12.8 Å². The Morgan fingerprint density at radius 2 is 1.75 bits per heavy atom. The van der Waals surface area contributed by atoms with Gasteiger partial charge in [0.15, 0.2) is 0 Å². The fourth-order valence-corrected chi connectivity index (χ4v) is 2.39. The summed E-state index contributed by atoms with van der Waals surface area (Å²) in [6, 6.07) is 0.195. The predicted molar refractivity (Wildman–Crippen MR) is 58.9 cm³/mol. The second-order valence-corrected chi connectivity index (χ2v) is 5.32. The third kappa shape index (κ3) is 2.06. The number of nitrogens with one attached hydrogen (secondary N) is 1. The van der Waals surface area contributed by atoms with E-state index >= 15 is 0 Å². The largest absolute Gasteiger partial charge is 0.480 e. The molecule has 0 aromatic carbocycles. The van der Waals surface area contributed by atoms with Gasteiger partial charge in [0.05, 0.1) is 0 Å². The van der Waals surface area contributed by atoms with E-state index in [0.717, 1.165) is 31.6 Å². The molecule has 4 nitrogen and oxygen atoms in total. The molecule has 0 spiro atoms. The zero-order valence-corrected chi connectivity index (χ0v) is 9.66. The number of rotatable bonds is 3. The third-order valence-corrected chi connectivity index (χ3v) is 3.95. The maximum atomic E-state index is 11.8. The maximum Gasteiger partial charge on any atom is 0.319 e. The molecule has 0 aliphatic heterocycles. The van der Waals surface area contributed by atoms with Crippen LogP contribution in [0.3, 0.4) is 0 Å². The van der Waals surface area contributed by atoms with Crippen molar-refractivity contribution in [3.05, 3.63) is 0 Å². The van der Waals surface area contributed by atoms with Crippen LogP contribution < -0.4 is 5.32 Å². The molecule has 2 rings (SSSR count). The normalized spacial score (nSPS) is 31.8. The van der Waals surface area contributed by atoms with E-state index in [1.165, 1.54) is 0 Å². The van der Waals surface area contributed by atoms with Gasteiger partial charge in [-0.05, 0) is 44.4 Å². The van der Waals surface area contributed by atoms with E-state index in [2.05, 4.69) is 12.2 Å². The molecular weight excluding hydrogens is 206 g/mol. The first-order valence-electron chi connectivity index (χ1n) is 6.09. The van der Waals surface area contributed by atoms with Crippen molar-refractivity contribution < 1.29 is 14.7 Å². The molecule has 0 aromatic rings. The van der Waals surface area contributed by atoms with Crippen molar-refractivity contribution in [1.29, 1.82) is 0 Å². The van der Waals surface area contributed by atoms with Crippen LogP contribution in [0.15, 0.2) is 0 Å². The Morgan fingerprint density at radius 3 is 2.19 bits per heavy atom. The number of carbonyl (C=O) groups excluding carboxylic acids is 1. The minimum absolute atomic E-state index is 0.195. The topological polar surface area (TPSA) is 66.4 Å². The highest BCUT2D eigenvalue weighted by Crippen LogP contribution is 2.46. The Bertz CT molecular complexity index is 301. The van der Waals surface area contributed by atoms with Gasteiger partial charge in [0.2, 0.25) is 5.91 Å². The summed E-state index contributed by atoms with van der Waals surface area (Å²) in [5.41, 5.74) is -1.08. The van der Waals surface area contributed by atoms with Crippen LogP contribution >= 0.6 is 0 Å².